The molecule has 0 spiro atoms. The van der Waals surface area contributed by atoms with Crippen LogP contribution in [0.4, 0.5) is 0 Å². The molecule has 8 nitrogen and oxygen atoms in total. The lowest BCUT2D eigenvalue weighted by molar-refractivity contribution is 1.01. The maximum absolute atomic E-state index is 5.05. The lowest BCUT2D eigenvalue weighted by atomic mass is 10.0. The first kappa shape index (κ1) is 93.1. The summed E-state index contributed by atoms with van der Waals surface area (Å²) in [4.78, 5) is 10.1. The van der Waals surface area contributed by atoms with Gasteiger partial charge in [0.2, 0.25) is 0 Å². The molecule has 8 heteroatoms. The van der Waals surface area contributed by atoms with E-state index >= 15 is 0 Å². The fraction of sp³-hybridized carbons (Fsp3) is 0.0423. The molecular formula is C142H108N8. The van der Waals surface area contributed by atoms with Crippen molar-refractivity contribution in [1.29, 1.82) is 0 Å². The molecule has 0 bridgehead atoms. The summed E-state index contributed by atoms with van der Waals surface area (Å²) in [7, 11) is 2.12. The number of rotatable bonds is 11. The Bertz CT molecular complexity index is 9710. The van der Waals surface area contributed by atoms with Crippen LogP contribution in [-0.4, -0.2) is 37.4 Å². The Labute approximate surface area is 873 Å². The number of aromatic nitrogens is 8. The van der Waals surface area contributed by atoms with E-state index < -0.39 is 0 Å². The smallest absolute Gasteiger partial charge is 0.160 e. The average Bonchev–Trinajstić information content (AvgIpc) is 1.58. The highest BCUT2D eigenvalue weighted by Crippen LogP contribution is 2.43. The molecule has 716 valence electrons. The van der Waals surface area contributed by atoms with Gasteiger partial charge in [0.15, 0.2) is 5.82 Å². The number of aryl methyl sites for hydroxylation is 6. The molecule has 22 aromatic carbocycles. The second kappa shape index (κ2) is 41.1. The van der Waals surface area contributed by atoms with E-state index in [1.54, 1.807) is 0 Å². The molecule has 0 atom stereocenters. The summed E-state index contributed by atoms with van der Waals surface area (Å²) in [5, 5.41) is 15.5. The summed E-state index contributed by atoms with van der Waals surface area (Å²) in [5.41, 5.74) is 39.8. The van der Waals surface area contributed by atoms with Gasteiger partial charge >= 0.3 is 0 Å². The van der Waals surface area contributed by atoms with Crippen molar-refractivity contribution in [3.63, 3.8) is 0 Å². The van der Waals surface area contributed by atoms with E-state index in [1.807, 2.05) is 36.4 Å². The van der Waals surface area contributed by atoms with E-state index in [0.717, 1.165) is 39.6 Å². The second-order valence-electron chi connectivity index (χ2n) is 38.8. The van der Waals surface area contributed by atoms with E-state index in [1.165, 1.54) is 215 Å². The third kappa shape index (κ3) is 18.3. The molecule has 29 rings (SSSR count). The van der Waals surface area contributed by atoms with E-state index in [-0.39, 0.29) is 0 Å². The molecular weight excluding hydrogens is 1820 g/mol. The topological polar surface area (TPSA) is 55.4 Å². The Morgan fingerprint density at radius 2 is 0.353 bits per heavy atom. The van der Waals surface area contributed by atoms with Gasteiger partial charge in [-0.05, 0) is 256 Å². The van der Waals surface area contributed by atoms with Crippen molar-refractivity contribution in [3.8, 4) is 95.7 Å². The molecule has 0 fully saturated rings. The highest BCUT2D eigenvalue weighted by molar-refractivity contribution is 6.15. The van der Waals surface area contributed by atoms with E-state index in [0.29, 0.717) is 0 Å². The van der Waals surface area contributed by atoms with Crippen LogP contribution < -0.4 is 0 Å². The van der Waals surface area contributed by atoms with Crippen molar-refractivity contribution in [2.45, 2.75) is 34.6 Å². The summed E-state index contributed by atoms with van der Waals surface area (Å²) in [6.45, 7) is 10.7. The third-order valence-electron chi connectivity index (χ3n) is 28.9. The van der Waals surface area contributed by atoms with Gasteiger partial charge in [0, 0.05) is 128 Å². The zero-order valence-corrected chi connectivity index (χ0v) is 84.5. The van der Waals surface area contributed by atoms with Gasteiger partial charge in [-0.25, -0.2) is 9.97 Å². The van der Waals surface area contributed by atoms with Crippen LogP contribution in [0, 0.1) is 34.6 Å². The minimum Gasteiger partial charge on any atom is -0.344 e. The Kier molecular flexibility index (Phi) is 25.5. The summed E-state index contributed by atoms with van der Waals surface area (Å²) in [6, 6.07) is 194. The van der Waals surface area contributed by atoms with Gasteiger partial charge in [-0.15, -0.1) is 0 Å². The zero-order chi connectivity index (χ0) is 101. The number of nitrogens with zero attached hydrogens (tertiary/aromatic N) is 8. The molecule has 7 heterocycles. The molecule has 150 heavy (non-hydrogen) atoms. The van der Waals surface area contributed by atoms with Gasteiger partial charge in [-0.2, -0.15) is 0 Å². The Morgan fingerprint density at radius 3 is 0.713 bits per heavy atom. The minimum absolute atomic E-state index is 0.723. The molecule has 0 aliphatic heterocycles. The lowest BCUT2D eigenvalue weighted by Crippen LogP contribution is -1.96. The van der Waals surface area contributed by atoms with Crippen LogP contribution in [0.25, 0.3) is 227 Å². The first-order chi connectivity index (χ1) is 73.9. The predicted octanol–water partition coefficient (Wildman–Crippen LogP) is 37.6. The Hall–Kier alpha value is -19.3. The lowest BCUT2D eigenvalue weighted by Gasteiger charge is -2.10. The van der Waals surface area contributed by atoms with Gasteiger partial charge in [0.1, 0.15) is 0 Å². The van der Waals surface area contributed by atoms with Crippen molar-refractivity contribution in [2.75, 3.05) is 0 Å². The molecule has 0 saturated heterocycles. The molecule has 0 N–H and O–H groups in total. The van der Waals surface area contributed by atoms with Gasteiger partial charge in [-0.3, -0.25) is 0 Å². The summed E-state index contributed by atoms with van der Waals surface area (Å²) in [5.74, 6) is 0.723. The van der Waals surface area contributed by atoms with Crippen molar-refractivity contribution in [1.82, 2.24) is 37.4 Å². The normalized spacial score (nSPS) is 11.3. The average molecular weight is 1930 g/mol. The predicted molar refractivity (Wildman–Crippen MR) is 636 cm³/mol. The summed E-state index contributed by atoms with van der Waals surface area (Å²) >= 11 is 0. The van der Waals surface area contributed by atoms with Gasteiger partial charge in [-0.1, -0.05) is 386 Å². The van der Waals surface area contributed by atoms with Crippen LogP contribution in [0.2, 0.25) is 0 Å². The fourth-order valence-corrected chi connectivity index (χ4v) is 21.7. The zero-order valence-electron chi connectivity index (χ0n) is 84.5. The molecule has 7 aromatic heterocycles. The molecule has 0 saturated carbocycles. The van der Waals surface area contributed by atoms with Gasteiger partial charge < -0.3 is 27.4 Å². The maximum atomic E-state index is 5.05. The van der Waals surface area contributed by atoms with Crippen LogP contribution in [-0.2, 0) is 7.05 Å². The molecule has 29 aromatic rings. The Morgan fingerprint density at radius 1 is 0.133 bits per heavy atom. The van der Waals surface area contributed by atoms with Crippen molar-refractivity contribution < 1.29 is 0 Å². The maximum Gasteiger partial charge on any atom is 0.160 e. The quantitative estimate of drug-likeness (QED) is 0.130. The molecule has 0 radical (unpaired) electrons. The molecule has 0 amide bonds. The van der Waals surface area contributed by atoms with Crippen molar-refractivity contribution in [3.05, 3.63) is 574 Å². The Balaban J connectivity index is 0.0000000983. The minimum atomic E-state index is 0.723. The fourth-order valence-electron chi connectivity index (χ4n) is 21.7. The van der Waals surface area contributed by atoms with Crippen LogP contribution in [0.1, 0.15) is 27.8 Å². The van der Waals surface area contributed by atoms with Gasteiger partial charge in [0.05, 0.1) is 66.6 Å². The standard InChI is InChI=1S/C35H25N3.C31H23N.C25H19N.2C19H15N.C13H11N/c1-24-17-19-33-29(21-24)30-22-27(18-20-34(30)38(33)28-15-9-4-10-16-28)35-36-31(25-11-5-2-6-12-25)23-32(37-35)26-13-7-3-8-14-26;1-22-12-16-27(17-13-22)32-30-18-14-25(23-8-4-2-5-9-23)20-28(30)29-21-26(15-19-31(29)32)24-10-6-3-7-11-24;1-18-11-16-25-23(17-18)22-9-5-6-10-24(22)26(25)21-14-12-20(13-15-21)19-7-3-2-4-8-19;1-14-7-6-8-15(13-14)20-18-11-4-2-9-16(18)17-10-3-5-12-19(17)20;1-14-11-12-19-17(13-14)16-9-5-6-10-18(16)20(19)15-7-3-2-4-8-15;1-14-12-8-4-2-6-10(12)11-7-3-5-9-13(11)14/h2-23H,1H3;2-21H,1H3;2-17H,1H3;2*2-13H,1H3;2-9H,1H3. The van der Waals surface area contributed by atoms with Crippen LogP contribution in [0.15, 0.2) is 546 Å². The largest absolute Gasteiger partial charge is 0.344 e. The highest BCUT2D eigenvalue weighted by atomic mass is 15.0. The first-order valence-corrected chi connectivity index (χ1v) is 51.5. The second-order valence-corrected chi connectivity index (χ2v) is 38.8. The number of hydrogen-bond donors (Lipinski definition) is 0. The van der Waals surface area contributed by atoms with E-state index in [2.05, 4.69) is 579 Å². The van der Waals surface area contributed by atoms with Crippen molar-refractivity contribution >= 4 is 131 Å². The van der Waals surface area contributed by atoms with Crippen LogP contribution in [0.5, 0.6) is 0 Å². The van der Waals surface area contributed by atoms with Crippen LogP contribution in [0.3, 0.4) is 0 Å². The first-order valence-electron chi connectivity index (χ1n) is 51.5. The third-order valence-corrected chi connectivity index (χ3v) is 28.9. The van der Waals surface area contributed by atoms with E-state index in [9.17, 15) is 0 Å². The van der Waals surface area contributed by atoms with E-state index in [4.69, 9.17) is 9.97 Å². The SMILES string of the molecule is Cc1ccc(-n2c3ccc(-c4ccccc4)cc3c3cc(-c4ccccc4)ccc32)cc1.Cc1ccc2c(c1)c1cc(-c3nc(-c4ccccc4)cc(-c4ccccc4)n3)ccc1n2-c1ccccc1.Cc1ccc2c(c1)c1ccccc1n2-c1ccc(-c2ccccc2)cc1.Cc1ccc2c(c1)c1ccccc1n2-c1ccccc1.Cc1cccc(-n2c3ccccc3c3ccccc32)c1.Cn1c2ccccc2c2ccccc21. The summed E-state index contributed by atoms with van der Waals surface area (Å²) in [6.07, 6.45) is 0. The highest BCUT2D eigenvalue weighted by Gasteiger charge is 2.22. The van der Waals surface area contributed by atoms with Crippen molar-refractivity contribution in [2.24, 2.45) is 7.05 Å². The molecule has 0 aliphatic carbocycles. The van der Waals surface area contributed by atoms with Gasteiger partial charge in [0.25, 0.3) is 0 Å². The summed E-state index contributed by atoms with van der Waals surface area (Å²) < 4.78 is 14.0. The van der Waals surface area contributed by atoms with Crippen LogP contribution >= 0.6 is 0 Å². The molecule has 0 unspecified atom stereocenters. The number of benzene rings is 22. The number of hydrogen-bond acceptors (Lipinski definition) is 2. The number of para-hydroxylation sites is 8. The molecule has 0 aliphatic rings. The number of fused-ring (bicyclic) bond motifs is 18. The monoisotopic (exact) mass is 1920 g/mol.